The highest BCUT2D eigenvalue weighted by Gasteiger charge is 2.27. The molecule has 114 valence electrons. The fourth-order valence-corrected chi connectivity index (χ4v) is 2.55. The van der Waals surface area contributed by atoms with E-state index in [1.807, 2.05) is 55.1 Å². The predicted molar refractivity (Wildman–Crippen MR) is 90.2 cm³/mol. The highest BCUT2D eigenvalue weighted by molar-refractivity contribution is 6.17. The normalized spacial score (nSPS) is 14.9. The third-order valence-electron chi connectivity index (χ3n) is 3.86. The molecule has 0 aliphatic carbocycles. The molecule has 1 aliphatic heterocycles. The van der Waals surface area contributed by atoms with Crippen molar-refractivity contribution in [3.05, 3.63) is 65.2 Å². The number of aliphatic imine (C=N–C) groups is 1. The number of carbonyl (C=O) groups is 1. The maximum Gasteiger partial charge on any atom is 0.250 e. The number of nitriles is 1. The molecule has 1 amide bonds. The average molecular weight is 303 g/mol. The van der Waals surface area contributed by atoms with Crippen molar-refractivity contribution in [2.24, 2.45) is 10.9 Å². The smallest absolute Gasteiger partial charge is 0.250 e. The summed E-state index contributed by atoms with van der Waals surface area (Å²) < 4.78 is 0. The van der Waals surface area contributed by atoms with E-state index in [0.717, 1.165) is 16.8 Å². The lowest BCUT2D eigenvalue weighted by molar-refractivity contribution is -0.120. The van der Waals surface area contributed by atoms with Gasteiger partial charge < -0.3 is 4.90 Å². The molecule has 4 nitrogen and oxygen atoms in total. The topological polar surface area (TPSA) is 56.5 Å². The minimum Gasteiger partial charge on any atom is -0.321 e. The van der Waals surface area contributed by atoms with Crippen molar-refractivity contribution in [2.45, 2.75) is 20.4 Å². The van der Waals surface area contributed by atoms with Gasteiger partial charge in [-0.1, -0.05) is 38.1 Å². The largest absolute Gasteiger partial charge is 0.321 e. The van der Waals surface area contributed by atoms with Gasteiger partial charge in [0.1, 0.15) is 5.84 Å². The Morgan fingerprint density at radius 2 is 1.87 bits per heavy atom. The molecule has 0 bridgehead atoms. The summed E-state index contributed by atoms with van der Waals surface area (Å²) in [5, 5.41) is 8.94. The summed E-state index contributed by atoms with van der Waals surface area (Å²) in [5.41, 5.74) is 3.68. The summed E-state index contributed by atoms with van der Waals surface area (Å²) in [7, 11) is 0. The van der Waals surface area contributed by atoms with Crippen molar-refractivity contribution in [2.75, 3.05) is 4.90 Å². The zero-order chi connectivity index (χ0) is 16.4. The molecule has 0 saturated heterocycles. The van der Waals surface area contributed by atoms with E-state index in [2.05, 4.69) is 11.1 Å². The number of fused-ring (bicyclic) bond motifs is 1. The Morgan fingerprint density at radius 1 is 1.17 bits per heavy atom. The van der Waals surface area contributed by atoms with Crippen LogP contribution in [-0.2, 0) is 11.3 Å². The monoisotopic (exact) mass is 303 g/mol. The third kappa shape index (κ3) is 2.86. The van der Waals surface area contributed by atoms with Gasteiger partial charge in [0, 0.05) is 17.2 Å². The van der Waals surface area contributed by atoms with E-state index in [9.17, 15) is 4.79 Å². The van der Waals surface area contributed by atoms with Crippen molar-refractivity contribution in [3.63, 3.8) is 0 Å². The Labute approximate surface area is 135 Å². The van der Waals surface area contributed by atoms with E-state index in [1.54, 1.807) is 12.1 Å². The molecule has 0 radical (unpaired) electrons. The molecule has 3 rings (SSSR count). The molecule has 0 fully saturated rings. The molecule has 4 heteroatoms. The van der Waals surface area contributed by atoms with Crippen molar-refractivity contribution >= 4 is 17.4 Å². The lowest BCUT2D eigenvalue weighted by atomic mass is 10.1. The van der Waals surface area contributed by atoms with Gasteiger partial charge in [-0.2, -0.15) is 10.3 Å². The molecule has 0 unspecified atom stereocenters. The van der Waals surface area contributed by atoms with Gasteiger partial charge in [-0.25, -0.2) is 0 Å². The fourth-order valence-electron chi connectivity index (χ4n) is 2.55. The Balaban J connectivity index is 2.05. The first kappa shape index (κ1) is 15.0. The van der Waals surface area contributed by atoms with Crippen LogP contribution >= 0.6 is 0 Å². The van der Waals surface area contributed by atoms with Gasteiger partial charge in [0.25, 0.3) is 0 Å². The van der Waals surface area contributed by atoms with Crippen molar-refractivity contribution < 1.29 is 4.79 Å². The SMILES string of the molecule is CC(C)C(=O)N=C1c2ccccc2CN1c1ccc(C#N)cc1. The van der Waals surface area contributed by atoms with E-state index in [4.69, 9.17) is 5.26 Å². The third-order valence-corrected chi connectivity index (χ3v) is 3.86. The molecule has 0 aromatic heterocycles. The molecule has 0 spiro atoms. The van der Waals surface area contributed by atoms with E-state index in [0.29, 0.717) is 17.9 Å². The molecule has 2 aromatic carbocycles. The van der Waals surface area contributed by atoms with Crippen LogP contribution in [0.4, 0.5) is 5.69 Å². The van der Waals surface area contributed by atoms with Gasteiger partial charge in [-0.15, -0.1) is 0 Å². The van der Waals surface area contributed by atoms with E-state index >= 15 is 0 Å². The van der Waals surface area contributed by atoms with Crippen molar-refractivity contribution in [1.29, 1.82) is 5.26 Å². The number of anilines is 1. The molecule has 23 heavy (non-hydrogen) atoms. The molecule has 1 heterocycles. The lowest BCUT2D eigenvalue weighted by Gasteiger charge is -2.19. The van der Waals surface area contributed by atoms with Crippen LogP contribution in [0.2, 0.25) is 0 Å². The zero-order valence-corrected chi connectivity index (χ0v) is 13.2. The average Bonchev–Trinajstić information content (AvgIpc) is 2.93. The first-order chi connectivity index (χ1) is 11.1. The molecule has 0 saturated carbocycles. The second-order valence-electron chi connectivity index (χ2n) is 5.83. The number of amidine groups is 1. The number of carbonyl (C=O) groups excluding carboxylic acids is 1. The Kier molecular flexibility index (Phi) is 3.94. The van der Waals surface area contributed by atoms with Crippen molar-refractivity contribution in [3.8, 4) is 6.07 Å². The zero-order valence-electron chi connectivity index (χ0n) is 13.2. The van der Waals surface area contributed by atoms with Crippen LogP contribution in [0, 0.1) is 17.2 Å². The van der Waals surface area contributed by atoms with Crippen LogP contribution in [-0.4, -0.2) is 11.7 Å². The molecule has 0 atom stereocenters. The van der Waals surface area contributed by atoms with Gasteiger partial charge >= 0.3 is 0 Å². The van der Waals surface area contributed by atoms with Crippen molar-refractivity contribution in [1.82, 2.24) is 0 Å². The number of rotatable bonds is 2. The van der Waals surface area contributed by atoms with E-state index in [-0.39, 0.29) is 11.8 Å². The lowest BCUT2D eigenvalue weighted by Crippen LogP contribution is -2.26. The fraction of sp³-hybridized carbons (Fsp3) is 0.211. The Morgan fingerprint density at radius 3 is 2.52 bits per heavy atom. The van der Waals surface area contributed by atoms with Gasteiger partial charge in [0.2, 0.25) is 5.91 Å². The number of amides is 1. The predicted octanol–water partition coefficient (Wildman–Crippen LogP) is 3.51. The number of benzene rings is 2. The summed E-state index contributed by atoms with van der Waals surface area (Å²) in [6.45, 7) is 4.37. The summed E-state index contributed by atoms with van der Waals surface area (Å²) in [6.07, 6.45) is 0. The number of hydrogen-bond donors (Lipinski definition) is 0. The summed E-state index contributed by atoms with van der Waals surface area (Å²) in [6, 6.07) is 17.4. The van der Waals surface area contributed by atoms with E-state index in [1.165, 1.54) is 0 Å². The first-order valence-corrected chi connectivity index (χ1v) is 7.58. The standard InChI is InChI=1S/C19H17N3O/c1-13(2)19(23)21-18-17-6-4-3-5-15(17)12-22(18)16-9-7-14(11-20)8-10-16/h3-10,13H,12H2,1-2H3. The van der Waals surface area contributed by atoms with Gasteiger partial charge in [-0.3, -0.25) is 4.79 Å². The summed E-state index contributed by atoms with van der Waals surface area (Å²) in [4.78, 5) is 18.5. The molecule has 2 aromatic rings. The van der Waals surface area contributed by atoms with Crippen LogP contribution in [0.1, 0.15) is 30.5 Å². The Hall–Kier alpha value is -2.93. The minimum atomic E-state index is -0.141. The number of nitrogens with zero attached hydrogens (tertiary/aromatic N) is 3. The molecule has 1 aliphatic rings. The van der Waals surface area contributed by atoms with Crippen LogP contribution in [0.15, 0.2) is 53.5 Å². The van der Waals surface area contributed by atoms with Crippen LogP contribution in [0.5, 0.6) is 0 Å². The van der Waals surface area contributed by atoms with Crippen LogP contribution in [0.25, 0.3) is 0 Å². The minimum absolute atomic E-state index is 0.129. The quantitative estimate of drug-likeness (QED) is 0.853. The highest BCUT2D eigenvalue weighted by atomic mass is 16.1. The van der Waals surface area contributed by atoms with Crippen LogP contribution in [0.3, 0.4) is 0 Å². The number of hydrogen-bond acceptors (Lipinski definition) is 2. The van der Waals surface area contributed by atoms with Gasteiger partial charge in [0.05, 0.1) is 18.2 Å². The summed E-state index contributed by atoms with van der Waals surface area (Å²) >= 11 is 0. The van der Waals surface area contributed by atoms with Gasteiger partial charge in [-0.05, 0) is 29.8 Å². The summed E-state index contributed by atoms with van der Waals surface area (Å²) in [5.74, 6) is 0.414. The van der Waals surface area contributed by atoms with Crippen LogP contribution < -0.4 is 4.90 Å². The maximum atomic E-state index is 12.1. The molecular weight excluding hydrogens is 286 g/mol. The van der Waals surface area contributed by atoms with E-state index < -0.39 is 0 Å². The highest BCUT2D eigenvalue weighted by Crippen LogP contribution is 2.29. The maximum absolute atomic E-state index is 12.1. The molecular formula is C19H17N3O. The first-order valence-electron chi connectivity index (χ1n) is 7.58. The second kappa shape index (κ2) is 6.05. The molecule has 0 N–H and O–H groups in total. The Bertz CT molecular complexity index is 813. The van der Waals surface area contributed by atoms with Gasteiger partial charge in [0.15, 0.2) is 0 Å². The second-order valence-corrected chi connectivity index (χ2v) is 5.83.